The van der Waals surface area contributed by atoms with E-state index >= 15 is 0 Å². The van der Waals surface area contributed by atoms with Crippen LogP contribution in [0.2, 0.25) is 0 Å². The molecule has 0 atom stereocenters. The zero-order valence-electron chi connectivity index (χ0n) is 15.0. The van der Waals surface area contributed by atoms with E-state index in [1.54, 1.807) is 0 Å². The lowest BCUT2D eigenvalue weighted by Crippen LogP contribution is -3.59. The molecule has 0 bridgehead atoms. The van der Waals surface area contributed by atoms with Crippen LogP contribution in [0.5, 0.6) is 0 Å². The average Bonchev–Trinajstić information content (AvgIpc) is 2.52. The number of ketones is 1. The Morgan fingerprint density at radius 1 is 0.957 bits per heavy atom. The van der Waals surface area contributed by atoms with Crippen molar-refractivity contribution in [1.29, 1.82) is 0 Å². The van der Waals surface area contributed by atoms with Gasteiger partial charge >= 0.3 is 21.2 Å². The van der Waals surface area contributed by atoms with Gasteiger partial charge in [0, 0.05) is 11.8 Å². The van der Waals surface area contributed by atoms with E-state index in [1.807, 2.05) is 20.8 Å². The van der Waals surface area contributed by atoms with Crippen molar-refractivity contribution in [1.82, 2.24) is 0 Å². The first-order valence-electron chi connectivity index (χ1n) is 8.87. The summed E-state index contributed by atoms with van der Waals surface area (Å²) in [5.74, 6) is 0.407. The summed E-state index contributed by atoms with van der Waals surface area (Å²) in [5.41, 5.74) is -0.158. The van der Waals surface area contributed by atoms with E-state index in [1.165, 1.54) is 42.1 Å². The molecule has 0 N–H and O–H groups in total. The van der Waals surface area contributed by atoms with Gasteiger partial charge in [-0.3, -0.25) is 4.79 Å². The molecule has 0 unspecified atom stereocenters. The number of hydrogen-bond acceptors (Lipinski definition) is 1. The molecule has 2 heteroatoms. The van der Waals surface area contributed by atoms with Gasteiger partial charge in [-0.2, -0.15) is 0 Å². The normalized spacial score (nSPS) is 12.0. The number of rotatable bonds is 11. The Kier molecular flexibility index (Phi) is 10.5. The third-order valence-corrected chi connectivity index (χ3v) is 6.18. The highest BCUT2D eigenvalue weighted by atomic mass is 127. The van der Waals surface area contributed by atoms with E-state index in [2.05, 4.69) is 40.5 Å². The molecule has 23 heavy (non-hydrogen) atoms. The first-order chi connectivity index (χ1) is 11.0. The molecular weight excluding hydrogens is 395 g/mol. The minimum atomic E-state index is -0.158. The predicted octanol–water partition coefficient (Wildman–Crippen LogP) is 3.19. The number of carbonyl (C=O) groups excluding carboxylic acids is 1. The van der Waals surface area contributed by atoms with Crippen molar-refractivity contribution in [3.05, 3.63) is 44.1 Å². The van der Waals surface area contributed by atoms with Crippen molar-refractivity contribution in [3.8, 4) is 0 Å². The van der Waals surface area contributed by atoms with Crippen LogP contribution in [0.3, 0.4) is 0 Å². The summed E-state index contributed by atoms with van der Waals surface area (Å²) in [4.78, 5) is 11.8. The lowest BCUT2D eigenvalue weighted by Gasteiger charge is -2.16. The van der Waals surface area contributed by atoms with Crippen LogP contribution in [-0.2, 0) is 4.79 Å². The van der Waals surface area contributed by atoms with Gasteiger partial charge in [-0.1, -0.05) is 64.7 Å². The molecule has 0 aromatic heterocycles. The van der Waals surface area contributed by atoms with Gasteiger partial charge in [-0.25, -0.2) is 0 Å². The third-order valence-electron chi connectivity index (χ3n) is 3.87. The molecular formula is C21H32IO+. The van der Waals surface area contributed by atoms with Crippen molar-refractivity contribution >= 4 is 5.78 Å². The van der Waals surface area contributed by atoms with Crippen LogP contribution in [-0.4, -0.2) is 5.78 Å². The van der Waals surface area contributed by atoms with Crippen molar-refractivity contribution in [2.45, 2.75) is 72.1 Å². The Hall–Kier alpha value is -0.640. The van der Waals surface area contributed by atoms with Crippen molar-refractivity contribution in [2.24, 2.45) is 5.41 Å². The fourth-order valence-electron chi connectivity index (χ4n) is 2.30. The maximum absolute atomic E-state index is 11.8. The Morgan fingerprint density at radius 2 is 1.57 bits per heavy atom. The Morgan fingerprint density at radius 3 is 2.22 bits per heavy atom. The van der Waals surface area contributed by atoms with Crippen LogP contribution < -0.4 is 21.2 Å². The molecule has 0 radical (unpaired) electrons. The molecule has 0 saturated heterocycles. The molecule has 128 valence electrons. The van der Waals surface area contributed by atoms with E-state index < -0.39 is 0 Å². The van der Waals surface area contributed by atoms with E-state index in [9.17, 15) is 4.79 Å². The minimum Gasteiger partial charge on any atom is -0.299 e. The number of unbranched alkanes of at least 4 members (excludes halogenated alkanes) is 6. The molecule has 1 rings (SSSR count). The summed E-state index contributed by atoms with van der Waals surface area (Å²) < 4.78 is 3.89. The van der Waals surface area contributed by atoms with Gasteiger partial charge in [-0.15, -0.1) is 0 Å². The van der Waals surface area contributed by atoms with Crippen LogP contribution in [0, 0.1) is 8.99 Å². The molecule has 0 amide bonds. The Labute approximate surface area is 153 Å². The zero-order chi connectivity index (χ0) is 17.0. The standard InChI is InChI=1S/C21H32IO/c1-21(2,3)20(23)17-13-8-6-4-5-7-9-14-18-22-19-15-11-10-12-16-19/h10-12,14-16,18H,4-9,13,17H2,1-3H3/q+1/b18-14+. The van der Waals surface area contributed by atoms with Crippen molar-refractivity contribution < 1.29 is 26.0 Å². The second-order valence-electron chi connectivity index (χ2n) is 7.10. The second kappa shape index (κ2) is 11.8. The van der Waals surface area contributed by atoms with E-state index in [0.29, 0.717) is 5.78 Å². The highest BCUT2D eigenvalue weighted by Gasteiger charge is 2.19. The quantitative estimate of drug-likeness (QED) is 0.392. The van der Waals surface area contributed by atoms with E-state index in [-0.39, 0.29) is 26.6 Å². The number of carbonyl (C=O) groups is 1. The molecule has 1 aromatic carbocycles. The largest absolute Gasteiger partial charge is 0.349 e. The summed E-state index contributed by atoms with van der Waals surface area (Å²) in [6.07, 6.45) is 11.8. The average molecular weight is 427 g/mol. The summed E-state index contributed by atoms with van der Waals surface area (Å²) in [7, 11) is 0. The summed E-state index contributed by atoms with van der Waals surface area (Å²) >= 11 is 0.0634. The lowest BCUT2D eigenvalue weighted by atomic mass is 9.88. The maximum Gasteiger partial charge on any atom is 0.349 e. The maximum atomic E-state index is 11.8. The predicted molar refractivity (Wildman–Crippen MR) is 95.7 cm³/mol. The molecule has 0 heterocycles. The molecule has 0 aliphatic carbocycles. The molecule has 0 fully saturated rings. The molecule has 0 spiro atoms. The Bertz CT molecular complexity index is 456. The zero-order valence-corrected chi connectivity index (χ0v) is 17.1. The van der Waals surface area contributed by atoms with Gasteiger partial charge in [0.1, 0.15) is 5.78 Å². The molecule has 0 aliphatic rings. The van der Waals surface area contributed by atoms with Crippen molar-refractivity contribution in [3.63, 3.8) is 0 Å². The van der Waals surface area contributed by atoms with Crippen LogP contribution >= 0.6 is 0 Å². The number of hydrogen-bond donors (Lipinski definition) is 0. The van der Waals surface area contributed by atoms with E-state index in [0.717, 1.165) is 12.8 Å². The monoisotopic (exact) mass is 427 g/mol. The van der Waals surface area contributed by atoms with Crippen LogP contribution in [0.25, 0.3) is 0 Å². The lowest BCUT2D eigenvalue weighted by molar-refractivity contribution is -0.557. The number of benzene rings is 1. The SMILES string of the molecule is CC(C)(C)C(=O)CCCCCCCC/C=C/[I+]c1ccccc1. The summed E-state index contributed by atoms with van der Waals surface area (Å²) in [6.45, 7) is 6.05. The topological polar surface area (TPSA) is 17.1 Å². The van der Waals surface area contributed by atoms with E-state index in [4.69, 9.17) is 0 Å². The highest BCUT2D eigenvalue weighted by molar-refractivity contribution is 5.83. The van der Waals surface area contributed by atoms with Crippen LogP contribution in [0.1, 0.15) is 72.1 Å². The van der Waals surface area contributed by atoms with Crippen molar-refractivity contribution in [2.75, 3.05) is 0 Å². The van der Waals surface area contributed by atoms with Gasteiger partial charge in [0.05, 0.1) is 0 Å². The summed E-state index contributed by atoms with van der Waals surface area (Å²) in [6, 6.07) is 10.8. The molecule has 0 saturated carbocycles. The van der Waals surface area contributed by atoms with Crippen LogP contribution in [0.4, 0.5) is 0 Å². The highest BCUT2D eigenvalue weighted by Crippen LogP contribution is 2.19. The molecule has 0 aliphatic heterocycles. The minimum absolute atomic E-state index is 0.0634. The second-order valence-corrected chi connectivity index (χ2v) is 9.69. The number of Topliss-reactive ketones (excluding diaryl/α,β-unsaturated/α-hetero) is 1. The summed E-state index contributed by atoms with van der Waals surface area (Å²) in [5, 5.41) is 0. The van der Waals surface area contributed by atoms with Gasteiger partial charge in [0.2, 0.25) is 0 Å². The van der Waals surface area contributed by atoms with Gasteiger partial charge in [0.15, 0.2) is 7.65 Å². The molecule has 1 aromatic rings. The third kappa shape index (κ3) is 10.7. The first kappa shape index (κ1) is 20.4. The number of halogens is 1. The molecule has 1 nitrogen and oxygen atoms in total. The van der Waals surface area contributed by atoms with Gasteiger partial charge in [-0.05, 0) is 37.5 Å². The smallest absolute Gasteiger partial charge is 0.299 e. The Balaban J connectivity index is 1.91. The fourth-order valence-corrected chi connectivity index (χ4v) is 4.16. The fraction of sp³-hybridized carbons (Fsp3) is 0.571. The van der Waals surface area contributed by atoms with Crippen LogP contribution in [0.15, 0.2) is 40.5 Å². The van der Waals surface area contributed by atoms with Gasteiger partial charge < -0.3 is 0 Å². The van der Waals surface area contributed by atoms with Gasteiger partial charge in [0.25, 0.3) is 0 Å². The first-order valence-corrected chi connectivity index (χ1v) is 11.2. The number of allylic oxidation sites excluding steroid dienone is 1.